The molecule has 1 aromatic carbocycles. The molecule has 1 aliphatic heterocycles. The first kappa shape index (κ1) is 22.2. The summed E-state index contributed by atoms with van der Waals surface area (Å²) in [6.07, 6.45) is 3.34. The van der Waals surface area contributed by atoms with E-state index in [9.17, 15) is 4.79 Å². The van der Waals surface area contributed by atoms with Crippen molar-refractivity contribution in [2.24, 2.45) is 0 Å². The van der Waals surface area contributed by atoms with Gasteiger partial charge in [-0.1, -0.05) is 42.1 Å². The fraction of sp³-hybridized carbons (Fsp3) is 0.250. The van der Waals surface area contributed by atoms with Gasteiger partial charge in [0.25, 0.3) is 0 Å². The number of hydrogen-bond acceptors (Lipinski definition) is 8. The highest BCUT2D eigenvalue weighted by molar-refractivity contribution is 7.99. The maximum absolute atomic E-state index is 12.8. The lowest BCUT2D eigenvalue weighted by Crippen LogP contribution is -2.37. The molecule has 0 spiro atoms. The lowest BCUT2D eigenvalue weighted by Gasteiger charge is -2.29. The van der Waals surface area contributed by atoms with E-state index in [0.29, 0.717) is 42.2 Å². The van der Waals surface area contributed by atoms with Gasteiger partial charge in [0.1, 0.15) is 0 Å². The molecule has 4 heterocycles. The maximum Gasteiger partial charge on any atom is 0.234 e. The van der Waals surface area contributed by atoms with E-state index >= 15 is 0 Å². The number of benzene rings is 1. The Hall–Kier alpha value is -3.63. The highest BCUT2D eigenvalue weighted by atomic mass is 32.2. The smallest absolute Gasteiger partial charge is 0.234 e. The molecule has 4 aromatic rings. The minimum Gasteiger partial charge on any atom is -0.461 e. The normalized spacial score (nSPS) is 13.7. The van der Waals surface area contributed by atoms with E-state index in [1.54, 1.807) is 12.5 Å². The molecule has 0 aliphatic carbocycles. The molecule has 0 unspecified atom stereocenters. The summed E-state index contributed by atoms with van der Waals surface area (Å²) >= 11 is 1.33. The number of thioether (sulfide) groups is 1. The van der Waals surface area contributed by atoms with Gasteiger partial charge in [0.15, 0.2) is 16.7 Å². The topological polar surface area (TPSA) is 98.3 Å². The van der Waals surface area contributed by atoms with Gasteiger partial charge in [0.2, 0.25) is 11.7 Å². The molecule has 34 heavy (non-hydrogen) atoms. The predicted molar refractivity (Wildman–Crippen MR) is 130 cm³/mol. The summed E-state index contributed by atoms with van der Waals surface area (Å²) in [6, 6.07) is 17.4. The minimum atomic E-state index is -0.138. The molecule has 9 nitrogen and oxygen atoms in total. The first-order valence-electron chi connectivity index (χ1n) is 11.0. The van der Waals surface area contributed by atoms with Crippen LogP contribution in [0.5, 0.6) is 0 Å². The zero-order valence-corrected chi connectivity index (χ0v) is 19.3. The third kappa shape index (κ3) is 5.13. The zero-order valence-electron chi connectivity index (χ0n) is 18.5. The quantitative estimate of drug-likeness (QED) is 0.386. The number of pyridine rings is 1. The molecule has 3 aromatic heterocycles. The maximum atomic E-state index is 12.8. The van der Waals surface area contributed by atoms with Crippen LogP contribution in [0.3, 0.4) is 0 Å². The Balaban J connectivity index is 1.30. The summed E-state index contributed by atoms with van der Waals surface area (Å²) in [5, 5.41) is 12.3. The Morgan fingerprint density at radius 2 is 1.88 bits per heavy atom. The van der Waals surface area contributed by atoms with Crippen molar-refractivity contribution < 1.29 is 13.9 Å². The number of nitrogens with one attached hydrogen (secondary N) is 1. The lowest BCUT2D eigenvalue weighted by atomic mass is 10.2. The van der Waals surface area contributed by atoms with E-state index in [2.05, 4.69) is 25.4 Å². The van der Waals surface area contributed by atoms with Gasteiger partial charge in [-0.25, -0.2) is 4.98 Å². The summed E-state index contributed by atoms with van der Waals surface area (Å²) in [7, 11) is 0. The fourth-order valence-corrected chi connectivity index (χ4v) is 4.47. The van der Waals surface area contributed by atoms with Gasteiger partial charge in [0.05, 0.1) is 37.5 Å². The Morgan fingerprint density at radius 1 is 1.03 bits per heavy atom. The van der Waals surface area contributed by atoms with Crippen LogP contribution in [0.15, 0.2) is 76.6 Å². The molecule has 0 atom stereocenters. The molecule has 10 heteroatoms. The van der Waals surface area contributed by atoms with Crippen molar-refractivity contribution in [3.8, 4) is 11.6 Å². The third-order valence-corrected chi connectivity index (χ3v) is 6.31. The number of carbonyl (C=O) groups is 1. The second-order valence-electron chi connectivity index (χ2n) is 7.67. The van der Waals surface area contributed by atoms with Gasteiger partial charge < -0.3 is 19.4 Å². The second kappa shape index (κ2) is 10.5. The van der Waals surface area contributed by atoms with E-state index in [-0.39, 0.29) is 11.7 Å². The summed E-state index contributed by atoms with van der Waals surface area (Å²) in [4.78, 5) is 19.4. The van der Waals surface area contributed by atoms with Crippen LogP contribution in [-0.2, 0) is 16.1 Å². The highest BCUT2D eigenvalue weighted by Gasteiger charge is 2.20. The molecule has 0 saturated carbocycles. The number of carbonyl (C=O) groups excluding carboxylic acids is 1. The fourth-order valence-electron chi connectivity index (χ4n) is 3.73. The van der Waals surface area contributed by atoms with Crippen molar-refractivity contribution in [2.45, 2.75) is 11.7 Å². The van der Waals surface area contributed by atoms with Gasteiger partial charge in [0, 0.05) is 19.3 Å². The number of aromatic nitrogens is 4. The Labute approximate surface area is 201 Å². The van der Waals surface area contributed by atoms with Gasteiger partial charge in [-0.3, -0.25) is 9.36 Å². The van der Waals surface area contributed by atoms with Gasteiger partial charge >= 0.3 is 0 Å². The van der Waals surface area contributed by atoms with E-state index in [0.717, 1.165) is 24.5 Å². The first-order chi connectivity index (χ1) is 16.8. The van der Waals surface area contributed by atoms with Crippen LogP contribution in [0.2, 0.25) is 0 Å². The Bertz CT molecular complexity index is 1220. The summed E-state index contributed by atoms with van der Waals surface area (Å²) in [6.45, 7) is 3.35. The summed E-state index contributed by atoms with van der Waals surface area (Å²) in [5.41, 5.74) is 1.80. The number of nitrogens with zero attached hydrogens (tertiary/aromatic N) is 5. The van der Waals surface area contributed by atoms with Crippen LogP contribution >= 0.6 is 11.8 Å². The number of anilines is 2. The second-order valence-corrected chi connectivity index (χ2v) is 8.61. The Kier molecular flexibility index (Phi) is 6.87. The van der Waals surface area contributed by atoms with Gasteiger partial charge in [-0.15, -0.1) is 10.2 Å². The van der Waals surface area contributed by atoms with Crippen LogP contribution in [-0.4, -0.2) is 57.7 Å². The molecular weight excluding hydrogens is 452 g/mol. The number of rotatable bonds is 8. The summed E-state index contributed by atoms with van der Waals surface area (Å²) < 4.78 is 13.0. The Morgan fingerprint density at radius 3 is 2.68 bits per heavy atom. The van der Waals surface area contributed by atoms with Crippen molar-refractivity contribution in [3.63, 3.8) is 0 Å². The molecule has 1 N–H and O–H groups in total. The van der Waals surface area contributed by atoms with E-state index in [4.69, 9.17) is 9.15 Å². The number of hydrogen-bond donors (Lipinski definition) is 1. The lowest BCUT2D eigenvalue weighted by molar-refractivity contribution is -0.113. The van der Waals surface area contributed by atoms with Crippen LogP contribution in [0, 0.1) is 0 Å². The molecule has 1 amide bonds. The summed E-state index contributed by atoms with van der Waals surface area (Å²) in [5.74, 6) is 2.06. The van der Waals surface area contributed by atoms with Gasteiger partial charge in [-0.2, -0.15) is 0 Å². The van der Waals surface area contributed by atoms with Crippen molar-refractivity contribution in [1.82, 2.24) is 19.7 Å². The van der Waals surface area contributed by atoms with E-state index < -0.39 is 0 Å². The van der Waals surface area contributed by atoms with Crippen LogP contribution in [0.4, 0.5) is 11.5 Å². The highest BCUT2D eigenvalue weighted by Crippen LogP contribution is 2.27. The molecule has 1 saturated heterocycles. The molecular formula is C24H24N6O3S. The number of ether oxygens (including phenoxy) is 1. The largest absolute Gasteiger partial charge is 0.461 e. The van der Waals surface area contributed by atoms with Crippen molar-refractivity contribution >= 4 is 29.2 Å². The molecule has 5 rings (SSSR count). The number of amides is 1. The monoisotopic (exact) mass is 476 g/mol. The number of morpholine rings is 1. The molecule has 174 valence electrons. The standard InChI is InChI=1S/C24H24N6O3S/c31-21(26-19-8-4-10-25-22(19)29-11-14-32-15-12-29)17-34-24-28-27-23(20-9-5-13-33-20)30(24)16-18-6-2-1-3-7-18/h1-10,13H,11-12,14-17H2,(H,26,31). The first-order valence-corrected chi connectivity index (χ1v) is 12.0. The molecule has 1 fully saturated rings. The average molecular weight is 477 g/mol. The van der Waals surface area contributed by atoms with Crippen LogP contribution < -0.4 is 10.2 Å². The zero-order chi connectivity index (χ0) is 23.2. The molecule has 0 radical (unpaired) electrons. The average Bonchev–Trinajstić information content (AvgIpc) is 3.54. The molecule has 1 aliphatic rings. The van der Waals surface area contributed by atoms with E-state index in [1.165, 1.54) is 11.8 Å². The van der Waals surface area contributed by atoms with Crippen LogP contribution in [0.1, 0.15) is 5.56 Å². The van der Waals surface area contributed by atoms with Crippen LogP contribution in [0.25, 0.3) is 11.6 Å². The minimum absolute atomic E-state index is 0.138. The molecule has 0 bridgehead atoms. The van der Waals surface area contributed by atoms with Crippen molar-refractivity contribution in [3.05, 3.63) is 72.6 Å². The van der Waals surface area contributed by atoms with Crippen molar-refractivity contribution in [1.29, 1.82) is 0 Å². The van der Waals surface area contributed by atoms with Gasteiger partial charge in [-0.05, 0) is 29.8 Å². The number of furan rings is 1. The predicted octanol–water partition coefficient (Wildman–Crippen LogP) is 3.55. The van der Waals surface area contributed by atoms with Crippen molar-refractivity contribution in [2.75, 3.05) is 42.3 Å². The third-order valence-electron chi connectivity index (χ3n) is 5.35. The SMILES string of the molecule is O=C(CSc1nnc(-c2ccco2)n1Cc1ccccc1)Nc1cccnc1N1CCOCC1. The van der Waals surface area contributed by atoms with E-state index in [1.807, 2.05) is 59.2 Å².